The lowest BCUT2D eigenvalue weighted by atomic mass is 9.72. The SMILES string of the molecule is CC(C)CC(B1OC(C)(C)C(C)(C)O1)N1C(=O)OC[C@@H]1c1ccccc1. The Hall–Kier alpha value is -1.53. The van der Waals surface area contributed by atoms with Gasteiger partial charge in [0.05, 0.1) is 23.2 Å². The molecule has 6 heteroatoms. The van der Waals surface area contributed by atoms with Crippen LogP contribution < -0.4 is 0 Å². The van der Waals surface area contributed by atoms with Crippen molar-refractivity contribution in [3.05, 3.63) is 35.9 Å². The fourth-order valence-corrected chi connectivity index (χ4v) is 3.62. The van der Waals surface area contributed by atoms with Gasteiger partial charge in [0.2, 0.25) is 0 Å². The molecule has 142 valence electrons. The first-order valence-electron chi connectivity index (χ1n) is 9.48. The van der Waals surface area contributed by atoms with Gasteiger partial charge in [-0.3, -0.25) is 4.90 Å². The van der Waals surface area contributed by atoms with Crippen LogP contribution in [0.2, 0.25) is 0 Å². The van der Waals surface area contributed by atoms with E-state index in [2.05, 4.69) is 13.8 Å². The normalized spacial score (nSPS) is 25.7. The van der Waals surface area contributed by atoms with Gasteiger partial charge in [0, 0.05) is 0 Å². The minimum atomic E-state index is -0.473. The third kappa shape index (κ3) is 3.49. The van der Waals surface area contributed by atoms with E-state index in [1.165, 1.54) is 0 Å². The number of rotatable bonds is 5. The molecule has 1 aromatic carbocycles. The molecule has 26 heavy (non-hydrogen) atoms. The van der Waals surface area contributed by atoms with Crippen LogP contribution in [0, 0.1) is 5.92 Å². The van der Waals surface area contributed by atoms with Gasteiger partial charge in [0.1, 0.15) is 6.61 Å². The standard InChI is InChI=1S/C20H30BNO4/c1-14(2)12-17(21-25-19(3,4)20(5,6)26-21)22-16(13-24-18(22)23)15-10-8-7-9-11-15/h7-11,14,16-17H,12-13H2,1-6H3/t16-,17?/m1/s1. The number of cyclic esters (lactones) is 1. The Morgan fingerprint density at radius 1 is 1.12 bits per heavy atom. The molecule has 2 aliphatic heterocycles. The lowest BCUT2D eigenvalue weighted by Crippen LogP contribution is -2.50. The Kier molecular flexibility index (Phi) is 5.10. The molecule has 0 N–H and O–H groups in total. The largest absolute Gasteiger partial charge is 0.482 e. The van der Waals surface area contributed by atoms with Crippen molar-refractivity contribution in [2.45, 2.75) is 71.1 Å². The topological polar surface area (TPSA) is 48.0 Å². The van der Waals surface area contributed by atoms with Gasteiger partial charge >= 0.3 is 13.2 Å². The average molecular weight is 359 g/mol. The van der Waals surface area contributed by atoms with Crippen LogP contribution >= 0.6 is 0 Å². The summed E-state index contributed by atoms with van der Waals surface area (Å²) in [7, 11) is -0.473. The molecule has 0 aliphatic carbocycles. The summed E-state index contributed by atoms with van der Waals surface area (Å²) in [6.07, 6.45) is 0.495. The first kappa shape index (κ1) is 19.2. The van der Waals surface area contributed by atoms with Crippen LogP contribution in [0.5, 0.6) is 0 Å². The van der Waals surface area contributed by atoms with Gasteiger partial charge in [-0.15, -0.1) is 0 Å². The van der Waals surface area contributed by atoms with Crippen LogP contribution in [-0.2, 0) is 14.0 Å². The third-order valence-electron chi connectivity index (χ3n) is 5.75. The van der Waals surface area contributed by atoms with E-state index < -0.39 is 18.3 Å². The van der Waals surface area contributed by atoms with Crippen molar-refractivity contribution < 1.29 is 18.8 Å². The molecule has 0 radical (unpaired) electrons. The van der Waals surface area contributed by atoms with Gasteiger partial charge in [0.15, 0.2) is 0 Å². The number of hydrogen-bond acceptors (Lipinski definition) is 4. The highest BCUT2D eigenvalue weighted by Crippen LogP contribution is 2.41. The predicted octanol–water partition coefficient (Wildman–Crippen LogP) is 4.23. The summed E-state index contributed by atoms with van der Waals surface area (Å²) < 4.78 is 18.0. The van der Waals surface area contributed by atoms with Crippen molar-refractivity contribution >= 4 is 13.2 Å². The molecule has 0 aromatic heterocycles. The molecule has 2 heterocycles. The lowest BCUT2D eigenvalue weighted by Gasteiger charge is -2.33. The highest BCUT2D eigenvalue weighted by Gasteiger charge is 2.57. The van der Waals surface area contributed by atoms with Crippen LogP contribution in [0.25, 0.3) is 0 Å². The molecule has 2 saturated heterocycles. The van der Waals surface area contributed by atoms with E-state index in [1.807, 2.05) is 62.9 Å². The molecular weight excluding hydrogens is 329 g/mol. The summed E-state index contributed by atoms with van der Waals surface area (Å²) in [5.41, 5.74) is 0.209. The second-order valence-corrected chi connectivity index (χ2v) is 8.73. The summed E-state index contributed by atoms with van der Waals surface area (Å²) in [6, 6.07) is 9.91. The summed E-state index contributed by atoms with van der Waals surface area (Å²) in [4.78, 5) is 14.5. The summed E-state index contributed by atoms with van der Waals surface area (Å²) >= 11 is 0. The Morgan fingerprint density at radius 2 is 1.69 bits per heavy atom. The van der Waals surface area contributed by atoms with Crippen LogP contribution in [0.15, 0.2) is 30.3 Å². The molecule has 5 nitrogen and oxygen atoms in total. The van der Waals surface area contributed by atoms with Crippen LogP contribution in [0.3, 0.4) is 0 Å². The molecule has 1 unspecified atom stereocenters. The molecule has 0 bridgehead atoms. The van der Waals surface area contributed by atoms with E-state index >= 15 is 0 Å². The summed E-state index contributed by atoms with van der Waals surface area (Å²) in [6.45, 7) is 12.8. The van der Waals surface area contributed by atoms with E-state index in [4.69, 9.17) is 14.0 Å². The quantitative estimate of drug-likeness (QED) is 0.739. The minimum Gasteiger partial charge on any atom is -0.447 e. The molecule has 2 atom stereocenters. The molecule has 0 saturated carbocycles. The van der Waals surface area contributed by atoms with E-state index in [9.17, 15) is 4.79 Å². The lowest BCUT2D eigenvalue weighted by molar-refractivity contribution is 0.00578. The Balaban J connectivity index is 1.93. The van der Waals surface area contributed by atoms with Crippen LogP contribution in [-0.4, -0.2) is 41.9 Å². The smallest absolute Gasteiger partial charge is 0.447 e. The Morgan fingerprint density at radius 3 is 2.23 bits per heavy atom. The minimum absolute atomic E-state index is 0.119. The summed E-state index contributed by atoms with van der Waals surface area (Å²) in [5, 5.41) is 0. The number of carbonyl (C=O) groups is 1. The maximum Gasteiger partial charge on any atom is 0.482 e. The number of carbonyl (C=O) groups excluding carboxylic acids is 1. The van der Waals surface area contributed by atoms with Gasteiger partial charge in [-0.1, -0.05) is 44.2 Å². The third-order valence-corrected chi connectivity index (χ3v) is 5.75. The molecule has 1 amide bonds. The monoisotopic (exact) mass is 359 g/mol. The molecule has 2 fully saturated rings. The fourth-order valence-electron chi connectivity index (χ4n) is 3.62. The predicted molar refractivity (Wildman–Crippen MR) is 102 cm³/mol. The number of benzene rings is 1. The number of hydrogen-bond donors (Lipinski definition) is 0. The van der Waals surface area contributed by atoms with Crippen molar-refractivity contribution in [1.82, 2.24) is 4.90 Å². The van der Waals surface area contributed by atoms with Crippen molar-refractivity contribution in [3.8, 4) is 0 Å². The molecule has 3 rings (SSSR count). The van der Waals surface area contributed by atoms with Crippen molar-refractivity contribution in [2.75, 3.05) is 6.61 Å². The first-order chi connectivity index (χ1) is 12.1. The molecule has 1 aromatic rings. The second kappa shape index (κ2) is 6.89. The fraction of sp³-hybridized carbons (Fsp3) is 0.650. The van der Waals surface area contributed by atoms with Gasteiger partial charge in [-0.25, -0.2) is 4.79 Å². The average Bonchev–Trinajstić information content (AvgIpc) is 3.03. The zero-order chi connectivity index (χ0) is 19.1. The molecular formula is C20H30BNO4. The highest BCUT2D eigenvalue weighted by atomic mass is 16.7. The van der Waals surface area contributed by atoms with E-state index in [0.717, 1.165) is 12.0 Å². The maximum atomic E-state index is 12.7. The Labute approximate surface area is 157 Å². The van der Waals surface area contributed by atoms with Gasteiger partial charge < -0.3 is 14.0 Å². The zero-order valence-electron chi connectivity index (χ0n) is 16.7. The van der Waals surface area contributed by atoms with Crippen molar-refractivity contribution in [2.24, 2.45) is 5.92 Å². The summed E-state index contributed by atoms with van der Waals surface area (Å²) in [5.74, 6) is 0.195. The van der Waals surface area contributed by atoms with Crippen LogP contribution in [0.4, 0.5) is 4.79 Å². The Bertz CT molecular complexity index is 630. The van der Waals surface area contributed by atoms with E-state index in [0.29, 0.717) is 12.5 Å². The zero-order valence-corrected chi connectivity index (χ0v) is 16.7. The molecule has 2 aliphatic rings. The number of ether oxygens (including phenoxy) is 1. The van der Waals surface area contributed by atoms with Gasteiger partial charge in [-0.05, 0) is 45.6 Å². The van der Waals surface area contributed by atoms with Gasteiger partial charge in [0.25, 0.3) is 0 Å². The van der Waals surface area contributed by atoms with E-state index in [-0.39, 0.29) is 18.1 Å². The number of nitrogens with zero attached hydrogens (tertiary/aromatic N) is 1. The highest BCUT2D eigenvalue weighted by molar-refractivity contribution is 6.48. The van der Waals surface area contributed by atoms with E-state index in [1.54, 1.807) is 0 Å². The maximum absolute atomic E-state index is 12.7. The number of amides is 1. The van der Waals surface area contributed by atoms with Crippen molar-refractivity contribution in [3.63, 3.8) is 0 Å². The molecule has 0 spiro atoms. The van der Waals surface area contributed by atoms with Crippen molar-refractivity contribution in [1.29, 1.82) is 0 Å². The second-order valence-electron chi connectivity index (χ2n) is 8.73. The first-order valence-corrected chi connectivity index (χ1v) is 9.48. The van der Waals surface area contributed by atoms with Gasteiger partial charge in [-0.2, -0.15) is 0 Å². The van der Waals surface area contributed by atoms with Crippen LogP contribution in [0.1, 0.15) is 59.6 Å².